The van der Waals surface area contributed by atoms with E-state index in [-0.39, 0.29) is 109 Å². The standard InChI is InChI=1S/C59H79Cl2N13O14/c1-59(2)36-85-24-22-73(59)56(82)53-44-35-87-47-30-46(84-3)42(29-43(47)54(44)74(68-53)40-27-38(60)26-39(61)28-40)37-7-4-8-41(25-37)86-23-6-12-65-55(81)45(9-5-11-66-58(62)63)67-50(76)10-13-64-49(34-75)72-20-18-70(32-51(77)78)16-14-69(31-48-57(83)88-48)15-17-71(19-21-72)33-52(79)80/h4,7-8,25-30,34,45,48-49,57,64,83H,5-6,9-24,31-33,35-36H2,1-3H3,(H,65,81)(H,67,76)(H,77,78)(H,79,80)(H4,62,63,66)/t45-,48?,49?,57?/m1/s1. The number of carbonyl (C=O) groups excluding carboxylic acids is 4. The van der Waals surface area contributed by atoms with Gasteiger partial charge in [-0.1, -0.05) is 35.3 Å². The third-order valence-electron chi connectivity index (χ3n) is 15.5. The number of carboxylic acids is 2. The van der Waals surface area contributed by atoms with Crippen molar-refractivity contribution in [3.63, 3.8) is 0 Å². The number of benzene rings is 3. The van der Waals surface area contributed by atoms with Gasteiger partial charge in [-0.2, -0.15) is 5.10 Å². The van der Waals surface area contributed by atoms with Gasteiger partial charge >= 0.3 is 11.9 Å². The van der Waals surface area contributed by atoms with Gasteiger partial charge in [0.2, 0.25) is 11.8 Å². The van der Waals surface area contributed by atoms with Crippen LogP contribution < -0.4 is 41.6 Å². The molecule has 3 fully saturated rings. The highest BCUT2D eigenvalue weighted by atomic mass is 35.5. The van der Waals surface area contributed by atoms with Gasteiger partial charge in [-0.05, 0) is 75.1 Å². The summed E-state index contributed by atoms with van der Waals surface area (Å²) in [6.45, 7) is 8.16. The SMILES string of the molecule is COc1cc2c(cc1-c1cccc(OCCCNC(=O)[C@@H](CCCN=C(N)N)NC(=O)CCNC(C=O)N3CCN(CC(=O)O)CCN(CC4OC4O)CCN(CC(=O)O)CC3)c1)-c1c(c(C(=O)N3CCOCC3(C)C)nn1-c1cc(Cl)cc(Cl)c1)CO2. The number of epoxide rings is 1. The number of carbonyl (C=O) groups is 6. The van der Waals surface area contributed by atoms with E-state index in [0.29, 0.717) is 127 Å². The van der Waals surface area contributed by atoms with E-state index in [1.165, 1.54) is 0 Å². The van der Waals surface area contributed by atoms with Crippen molar-refractivity contribution in [2.24, 2.45) is 16.5 Å². The molecule has 88 heavy (non-hydrogen) atoms. The molecule has 5 heterocycles. The van der Waals surface area contributed by atoms with E-state index < -0.39 is 47.8 Å². The van der Waals surface area contributed by atoms with Crippen LogP contribution in [0.3, 0.4) is 0 Å². The van der Waals surface area contributed by atoms with Gasteiger partial charge in [-0.3, -0.25) is 53.9 Å². The number of hydrogen-bond acceptors (Lipinski definition) is 19. The van der Waals surface area contributed by atoms with E-state index in [1.807, 2.05) is 49.1 Å². The fraction of sp³-hybridized carbons (Fsp3) is 0.525. The normalized spacial score (nSPS) is 19.0. The molecule has 27 nitrogen and oxygen atoms in total. The van der Waals surface area contributed by atoms with E-state index in [0.717, 1.165) is 5.56 Å². The summed E-state index contributed by atoms with van der Waals surface area (Å²) in [7, 11) is 1.57. The van der Waals surface area contributed by atoms with Crippen LogP contribution in [-0.2, 0) is 40.1 Å². The van der Waals surface area contributed by atoms with Gasteiger partial charge in [0, 0.05) is 124 Å². The molecule has 0 bridgehead atoms. The van der Waals surface area contributed by atoms with Gasteiger partial charge < -0.3 is 70.8 Å². The lowest BCUT2D eigenvalue weighted by Gasteiger charge is -2.41. The molecular weight excluding hydrogens is 1190 g/mol. The number of halogens is 2. The van der Waals surface area contributed by atoms with E-state index in [9.17, 15) is 44.1 Å². The minimum atomic E-state index is -1.03. The van der Waals surface area contributed by atoms with Crippen molar-refractivity contribution in [2.45, 2.75) is 76.3 Å². The Labute approximate surface area is 520 Å². The monoisotopic (exact) mass is 1260 g/mol. The molecule has 478 valence electrons. The molecule has 8 rings (SSSR count). The Morgan fingerprint density at radius 2 is 1.57 bits per heavy atom. The first kappa shape index (κ1) is 66.8. The number of aliphatic hydroxyl groups is 1. The Hall–Kier alpha value is -7.18. The molecule has 4 aliphatic heterocycles. The minimum Gasteiger partial charge on any atom is -0.496 e. The zero-order chi connectivity index (χ0) is 63.1. The second-order valence-corrected chi connectivity index (χ2v) is 23.4. The molecule has 4 aliphatic rings. The summed E-state index contributed by atoms with van der Waals surface area (Å²) in [5.74, 6) is -1.78. The number of aliphatic carboxylic acids is 2. The number of nitrogens with two attached hydrogens (primary N) is 2. The number of nitrogens with zero attached hydrogens (tertiary/aromatic N) is 8. The van der Waals surface area contributed by atoms with Crippen molar-refractivity contribution in [1.82, 2.24) is 50.2 Å². The number of aromatic nitrogens is 2. The lowest BCUT2D eigenvalue weighted by molar-refractivity contribution is -0.139. The molecule has 0 radical (unpaired) electrons. The highest BCUT2D eigenvalue weighted by Crippen LogP contribution is 2.47. The fourth-order valence-corrected chi connectivity index (χ4v) is 11.4. The van der Waals surface area contributed by atoms with Crippen LogP contribution in [0.15, 0.2) is 59.6 Å². The van der Waals surface area contributed by atoms with Crippen LogP contribution in [0.1, 0.15) is 55.6 Å². The van der Waals surface area contributed by atoms with E-state index in [4.69, 9.17) is 63.5 Å². The molecule has 0 saturated carbocycles. The van der Waals surface area contributed by atoms with Crippen molar-refractivity contribution in [3.8, 4) is 45.3 Å². The number of aliphatic imine (C=N–C) groups is 1. The number of morpholine rings is 1. The molecule has 0 spiro atoms. The van der Waals surface area contributed by atoms with Crippen LogP contribution in [-0.4, -0.2) is 247 Å². The number of rotatable bonds is 27. The second kappa shape index (κ2) is 31.3. The summed E-state index contributed by atoms with van der Waals surface area (Å²) in [6, 6.07) is 15.3. The Morgan fingerprint density at radius 3 is 2.20 bits per heavy atom. The number of fused-ring (bicyclic) bond motifs is 3. The molecule has 3 unspecified atom stereocenters. The Kier molecular flexibility index (Phi) is 23.8. The summed E-state index contributed by atoms with van der Waals surface area (Å²) in [4.78, 5) is 91.2. The van der Waals surface area contributed by atoms with Crippen LogP contribution in [0.5, 0.6) is 17.2 Å². The highest BCUT2D eigenvalue weighted by molar-refractivity contribution is 6.34. The maximum atomic E-state index is 14.5. The lowest BCUT2D eigenvalue weighted by atomic mass is 9.95. The summed E-state index contributed by atoms with van der Waals surface area (Å²) < 4.78 is 31.1. The molecule has 29 heteroatoms. The number of aldehydes is 1. The number of aliphatic hydroxyl groups excluding tert-OH is 1. The van der Waals surface area contributed by atoms with Crippen molar-refractivity contribution in [1.29, 1.82) is 0 Å². The number of amides is 3. The van der Waals surface area contributed by atoms with Crippen LogP contribution in [0, 0.1) is 0 Å². The van der Waals surface area contributed by atoms with Crippen molar-refractivity contribution in [3.05, 3.63) is 75.9 Å². The number of guanidine groups is 1. The van der Waals surface area contributed by atoms with Crippen LogP contribution in [0.2, 0.25) is 10.0 Å². The van der Waals surface area contributed by atoms with Crippen molar-refractivity contribution >= 4 is 65.1 Å². The van der Waals surface area contributed by atoms with Gasteiger partial charge in [0.05, 0.1) is 56.9 Å². The van der Waals surface area contributed by atoms with Crippen LogP contribution in [0.4, 0.5) is 0 Å². The first-order chi connectivity index (χ1) is 42.2. The average Bonchev–Trinajstić information content (AvgIpc) is 2.94. The van der Waals surface area contributed by atoms with Crippen LogP contribution in [0.25, 0.3) is 28.1 Å². The first-order valence-corrected chi connectivity index (χ1v) is 30.0. The maximum absolute atomic E-state index is 14.5. The van der Waals surface area contributed by atoms with Gasteiger partial charge in [-0.25, -0.2) is 4.68 Å². The van der Waals surface area contributed by atoms with Crippen molar-refractivity contribution < 1.29 is 67.8 Å². The molecule has 0 aliphatic carbocycles. The van der Waals surface area contributed by atoms with E-state index in [2.05, 4.69) is 20.9 Å². The smallest absolute Gasteiger partial charge is 0.317 e. The molecule has 4 aromatic rings. The van der Waals surface area contributed by atoms with Gasteiger partial charge in [-0.15, -0.1) is 0 Å². The summed E-state index contributed by atoms with van der Waals surface area (Å²) in [6.07, 6.45) is -0.663. The third kappa shape index (κ3) is 18.5. The molecule has 1 aromatic heterocycles. The predicted octanol–water partition coefficient (Wildman–Crippen LogP) is 1.70. The number of hydrogen-bond donors (Lipinski definition) is 8. The molecule has 3 aromatic carbocycles. The Balaban J connectivity index is 0.887. The first-order valence-electron chi connectivity index (χ1n) is 29.3. The van der Waals surface area contributed by atoms with Gasteiger partial charge in [0.15, 0.2) is 24.2 Å². The van der Waals surface area contributed by atoms with Gasteiger partial charge in [0.25, 0.3) is 5.91 Å². The minimum absolute atomic E-state index is 0.0196. The molecule has 10 N–H and O–H groups in total. The third-order valence-corrected chi connectivity index (χ3v) is 16.0. The predicted molar refractivity (Wildman–Crippen MR) is 326 cm³/mol. The zero-order valence-electron chi connectivity index (χ0n) is 49.7. The lowest BCUT2D eigenvalue weighted by Crippen LogP contribution is -2.55. The number of methoxy groups -OCH3 is 1. The molecule has 4 atom stereocenters. The summed E-state index contributed by atoms with van der Waals surface area (Å²) in [5, 5.41) is 43.8. The molecule has 3 saturated heterocycles. The van der Waals surface area contributed by atoms with Gasteiger partial charge in [0.1, 0.15) is 42.2 Å². The second-order valence-electron chi connectivity index (χ2n) is 22.5. The fourth-order valence-electron chi connectivity index (χ4n) is 10.9. The average molecular weight is 1270 g/mol. The zero-order valence-corrected chi connectivity index (χ0v) is 51.2. The number of nitrogens with one attached hydrogen (secondary N) is 3. The van der Waals surface area contributed by atoms with E-state index in [1.54, 1.807) is 55.7 Å². The quantitative estimate of drug-likeness (QED) is 0.0138. The number of ether oxygens (including phenoxy) is 5. The maximum Gasteiger partial charge on any atom is 0.317 e. The molecular formula is C59H79Cl2N13O14. The summed E-state index contributed by atoms with van der Waals surface area (Å²) >= 11 is 13.1. The highest BCUT2D eigenvalue weighted by Gasteiger charge is 2.41. The van der Waals surface area contributed by atoms with E-state index >= 15 is 0 Å². The summed E-state index contributed by atoms with van der Waals surface area (Å²) in [5.41, 5.74) is 14.6. The van der Waals surface area contributed by atoms with Crippen LogP contribution >= 0.6 is 23.2 Å². The van der Waals surface area contributed by atoms with Crippen molar-refractivity contribution in [2.75, 3.05) is 125 Å². The topological polar surface area (TPSA) is 347 Å². The molecule has 3 amide bonds. The number of carboxylic acid groups (broad SMARTS) is 2. The largest absolute Gasteiger partial charge is 0.496 e. The Bertz CT molecular complexity index is 3100. The Morgan fingerprint density at radius 1 is 0.886 bits per heavy atom.